The number of rotatable bonds is 4. The normalized spacial score (nSPS) is 15.6. The lowest BCUT2D eigenvalue weighted by Crippen LogP contribution is -2.37. The maximum Gasteiger partial charge on any atom is 0.191 e. The number of nitrogens with zero attached hydrogens (tertiary/aromatic N) is 1. The lowest BCUT2D eigenvalue weighted by atomic mass is 10.1. The molecule has 0 aliphatic heterocycles. The van der Waals surface area contributed by atoms with Crippen molar-refractivity contribution in [3.63, 3.8) is 0 Å². The average Bonchev–Trinajstić information content (AvgIpc) is 3.15. The van der Waals surface area contributed by atoms with Crippen molar-refractivity contribution in [3.8, 4) is 0 Å². The molecule has 0 saturated heterocycles. The Bertz CT molecular complexity index is 433. The zero-order valence-corrected chi connectivity index (χ0v) is 11.6. The zero-order valence-electron chi connectivity index (χ0n) is 11.6. The van der Waals surface area contributed by atoms with Crippen LogP contribution < -0.4 is 10.6 Å². The van der Waals surface area contributed by atoms with Crippen LogP contribution >= 0.6 is 0 Å². The number of benzene rings is 1. The summed E-state index contributed by atoms with van der Waals surface area (Å²) in [6, 6.07) is 6.56. The lowest BCUT2D eigenvalue weighted by molar-refractivity contribution is 0.736. The molecule has 0 aromatic heterocycles. The molecule has 18 heavy (non-hydrogen) atoms. The van der Waals surface area contributed by atoms with E-state index in [9.17, 15) is 0 Å². The standard InChI is InChI=1S/C15H23N3/c1-11-4-7-14(12(2)8-11)10-18-15(16-3)17-9-13-5-6-13/h4,7-8,13H,5-6,9-10H2,1-3H3,(H2,16,17,18). The number of aryl methyl sites for hydroxylation is 2. The summed E-state index contributed by atoms with van der Waals surface area (Å²) >= 11 is 0. The van der Waals surface area contributed by atoms with E-state index < -0.39 is 0 Å². The number of hydrogen-bond acceptors (Lipinski definition) is 1. The van der Waals surface area contributed by atoms with Crippen LogP contribution in [0.4, 0.5) is 0 Å². The van der Waals surface area contributed by atoms with Gasteiger partial charge in [-0.05, 0) is 43.7 Å². The molecule has 2 N–H and O–H groups in total. The van der Waals surface area contributed by atoms with Crippen molar-refractivity contribution in [3.05, 3.63) is 34.9 Å². The molecule has 0 atom stereocenters. The monoisotopic (exact) mass is 245 g/mol. The molecule has 1 aliphatic carbocycles. The average molecular weight is 245 g/mol. The van der Waals surface area contributed by atoms with Crippen LogP contribution in [-0.2, 0) is 6.54 Å². The van der Waals surface area contributed by atoms with Crippen molar-refractivity contribution < 1.29 is 0 Å². The molecule has 1 saturated carbocycles. The Morgan fingerprint density at radius 1 is 1.28 bits per heavy atom. The maximum absolute atomic E-state index is 4.24. The van der Waals surface area contributed by atoms with Gasteiger partial charge in [0.1, 0.15) is 0 Å². The third kappa shape index (κ3) is 3.76. The summed E-state index contributed by atoms with van der Waals surface area (Å²) in [4.78, 5) is 4.24. The van der Waals surface area contributed by atoms with Crippen molar-refractivity contribution in [1.29, 1.82) is 0 Å². The van der Waals surface area contributed by atoms with Crippen LogP contribution in [0, 0.1) is 19.8 Å². The Kier molecular flexibility index (Phi) is 4.24. The van der Waals surface area contributed by atoms with Gasteiger partial charge in [-0.3, -0.25) is 4.99 Å². The minimum Gasteiger partial charge on any atom is -0.356 e. The topological polar surface area (TPSA) is 36.4 Å². The fourth-order valence-corrected chi connectivity index (χ4v) is 2.01. The van der Waals surface area contributed by atoms with Gasteiger partial charge in [0.2, 0.25) is 0 Å². The van der Waals surface area contributed by atoms with Crippen LogP contribution in [0.2, 0.25) is 0 Å². The molecule has 1 aromatic rings. The molecule has 1 aliphatic rings. The molecule has 2 rings (SSSR count). The van der Waals surface area contributed by atoms with Gasteiger partial charge in [-0.15, -0.1) is 0 Å². The van der Waals surface area contributed by atoms with E-state index in [0.29, 0.717) is 0 Å². The Hall–Kier alpha value is -1.51. The van der Waals surface area contributed by atoms with Crippen LogP contribution in [0.1, 0.15) is 29.5 Å². The fraction of sp³-hybridized carbons (Fsp3) is 0.533. The first kappa shape index (κ1) is 12.9. The van der Waals surface area contributed by atoms with Gasteiger partial charge in [0, 0.05) is 20.1 Å². The molecular formula is C15H23N3. The molecule has 1 aromatic carbocycles. The van der Waals surface area contributed by atoms with Gasteiger partial charge in [0.25, 0.3) is 0 Å². The second-order valence-corrected chi connectivity index (χ2v) is 5.18. The largest absolute Gasteiger partial charge is 0.356 e. The first-order valence-electron chi connectivity index (χ1n) is 6.69. The van der Waals surface area contributed by atoms with Crippen molar-refractivity contribution in [2.45, 2.75) is 33.2 Å². The molecule has 0 amide bonds. The smallest absolute Gasteiger partial charge is 0.191 e. The summed E-state index contributed by atoms with van der Waals surface area (Å²) in [5.41, 5.74) is 3.97. The predicted molar refractivity (Wildman–Crippen MR) is 76.8 cm³/mol. The molecular weight excluding hydrogens is 222 g/mol. The number of aliphatic imine (C=N–C) groups is 1. The van der Waals surface area contributed by atoms with Gasteiger partial charge < -0.3 is 10.6 Å². The first-order valence-corrected chi connectivity index (χ1v) is 6.69. The van der Waals surface area contributed by atoms with Crippen LogP contribution in [0.15, 0.2) is 23.2 Å². The summed E-state index contributed by atoms with van der Waals surface area (Å²) in [6.07, 6.45) is 2.72. The van der Waals surface area contributed by atoms with Crippen molar-refractivity contribution in [2.24, 2.45) is 10.9 Å². The van der Waals surface area contributed by atoms with Crippen LogP contribution in [0.5, 0.6) is 0 Å². The Balaban J connectivity index is 1.84. The number of nitrogens with one attached hydrogen (secondary N) is 2. The quantitative estimate of drug-likeness (QED) is 0.631. The second-order valence-electron chi connectivity index (χ2n) is 5.18. The van der Waals surface area contributed by atoms with Crippen molar-refractivity contribution in [2.75, 3.05) is 13.6 Å². The van der Waals surface area contributed by atoms with Gasteiger partial charge in [0.15, 0.2) is 5.96 Å². The highest BCUT2D eigenvalue weighted by Gasteiger charge is 2.20. The van der Waals surface area contributed by atoms with Gasteiger partial charge in [-0.2, -0.15) is 0 Å². The lowest BCUT2D eigenvalue weighted by Gasteiger charge is -2.13. The van der Waals surface area contributed by atoms with Crippen LogP contribution in [0.25, 0.3) is 0 Å². The molecule has 1 fully saturated rings. The van der Waals surface area contributed by atoms with Crippen LogP contribution in [0.3, 0.4) is 0 Å². The molecule has 0 spiro atoms. The van der Waals surface area contributed by atoms with Crippen LogP contribution in [-0.4, -0.2) is 19.6 Å². The van der Waals surface area contributed by atoms with E-state index in [1.807, 2.05) is 7.05 Å². The van der Waals surface area contributed by atoms with Gasteiger partial charge in [-0.1, -0.05) is 23.8 Å². The van der Waals surface area contributed by atoms with Gasteiger partial charge >= 0.3 is 0 Å². The molecule has 0 unspecified atom stereocenters. The highest BCUT2D eigenvalue weighted by molar-refractivity contribution is 5.79. The van der Waals surface area contributed by atoms with E-state index in [1.54, 1.807) is 0 Å². The molecule has 3 nitrogen and oxygen atoms in total. The Morgan fingerprint density at radius 3 is 2.67 bits per heavy atom. The predicted octanol–water partition coefficient (Wildman–Crippen LogP) is 2.38. The molecule has 98 valence electrons. The summed E-state index contributed by atoms with van der Waals surface area (Å²) in [5.74, 6) is 1.77. The summed E-state index contributed by atoms with van der Waals surface area (Å²) in [5, 5.41) is 6.74. The Labute approximate surface area is 110 Å². The van der Waals surface area contributed by atoms with E-state index >= 15 is 0 Å². The van der Waals surface area contributed by atoms with E-state index in [-0.39, 0.29) is 0 Å². The minimum atomic E-state index is 0.830. The molecule has 3 heteroatoms. The second kappa shape index (κ2) is 5.89. The van der Waals surface area contributed by atoms with Gasteiger partial charge in [0.05, 0.1) is 0 Å². The highest BCUT2D eigenvalue weighted by atomic mass is 15.2. The highest BCUT2D eigenvalue weighted by Crippen LogP contribution is 2.27. The summed E-state index contributed by atoms with van der Waals surface area (Å²) in [6.45, 7) is 6.16. The van der Waals surface area contributed by atoms with E-state index in [0.717, 1.165) is 25.0 Å². The third-order valence-electron chi connectivity index (χ3n) is 3.42. The van der Waals surface area contributed by atoms with Gasteiger partial charge in [-0.25, -0.2) is 0 Å². The van der Waals surface area contributed by atoms with E-state index in [1.165, 1.54) is 29.5 Å². The Morgan fingerprint density at radius 2 is 2.06 bits per heavy atom. The zero-order chi connectivity index (χ0) is 13.0. The number of hydrogen-bond donors (Lipinski definition) is 2. The van der Waals surface area contributed by atoms with E-state index in [4.69, 9.17) is 0 Å². The molecule has 0 radical (unpaired) electrons. The number of guanidine groups is 1. The summed E-state index contributed by atoms with van der Waals surface area (Å²) < 4.78 is 0. The van der Waals surface area contributed by atoms with Crippen molar-refractivity contribution >= 4 is 5.96 Å². The molecule has 0 heterocycles. The summed E-state index contributed by atoms with van der Waals surface area (Å²) in [7, 11) is 1.82. The third-order valence-corrected chi connectivity index (χ3v) is 3.42. The molecule has 0 bridgehead atoms. The van der Waals surface area contributed by atoms with E-state index in [2.05, 4.69) is 47.7 Å². The van der Waals surface area contributed by atoms with Crippen molar-refractivity contribution in [1.82, 2.24) is 10.6 Å². The fourth-order valence-electron chi connectivity index (χ4n) is 2.01. The SMILES string of the molecule is CN=C(NCc1ccc(C)cc1C)NCC1CC1. The minimum absolute atomic E-state index is 0.830. The first-order chi connectivity index (χ1) is 8.69. The maximum atomic E-state index is 4.24.